The number of anilines is 1. The van der Waals surface area contributed by atoms with Crippen LogP contribution >= 0.6 is 0 Å². The van der Waals surface area contributed by atoms with E-state index < -0.39 is 11.7 Å². The number of halogens is 1. The Hall–Kier alpha value is -2.24. The zero-order chi connectivity index (χ0) is 11.5. The van der Waals surface area contributed by atoms with Crippen molar-refractivity contribution in [3.05, 3.63) is 41.9 Å². The minimum Gasteiger partial charge on any atom is -0.417 e. The highest BCUT2D eigenvalue weighted by molar-refractivity contribution is 6.00. The number of benzene rings is 1. The normalized spacial score (nSPS) is 10.1. The quantitative estimate of drug-likeness (QED) is 0.839. The van der Waals surface area contributed by atoms with Crippen LogP contribution in [0.25, 0.3) is 0 Å². The topological polar surface area (TPSA) is 68.0 Å². The predicted molar refractivity (Wildman–Crippen MR) is 53.4 cm³/mol. The van der Waals surface area contributed by atoms with Gasteiger partial charge in [-0.3, -0.25) is 4.79 Å². The van der Waals surface area contributed by atoms with Crippen molar-refractivity contribution in [3.63, 3.8) is 0 Å². The van der Waals surface area contributed by atoms with Crippen LogP contribution in [-0.4, -0.2) is 16.1 Å². The van der Waals surface area contributed by atoms with Crippen LogP contribution in [-0.2, 0) is 0 Å². The summed E-state index contributed by atoms with van der Waals surface area (Å²) in [6.07, 6.45) is 0. The van der Waals surface area contributed by atoms with Crippen molar-refractivity contribution in [3.8, 4) is 0 Å². The molecule has 0 bridgehead atoms. The Bertz CT molecular complexity index is 524. The molecule has 1 aromatic carbocycles. The maximum Gasteiger partial charge on any atom is 0.313 e. The van der Waals surface area contributed by atoms with Crippen molar-refractivity contribution in [2.75, 3.05) is 5.32 Å². The molecule has 5 nitrogen and oxygen atoms in total. The standard InChI is InChI=1S/C10H8FN3O2/c1-6-13-14-10(16-6)9(15)12-8-4-2-3-7(11)5-8/h2-5H,1H3,(H,12,15). The first-order valence-electron chi connectivity index (χ1n) is 4.52. The van der Waals surface area contributed by atoms with Gasteiger partial charge in [0.25, 0.3) is 0 Å². The van der Waals surface area contributed by atoms with Crippen LogP contribution in [0.5, 0.6) is 0 Å². The Kier molecular flexibility index (Phi) is 2.63. The zero-order valence-corrected chi connectivity index (χ0v) is 8.40. The third-order valence-corrected chi connectivity index (χ3v) is 1.80. The number of nitrogens with zero attached hydrogens (tertiary/aromatic N) is 2. The number of hydrogen-bond donors (Lipinski definition) is 1. The summed E-state index contributed by atoms with van der Waals surface area (Å²) in [4.78, 5) is 11.5. The molecule has 0 saturated carbocycles. The van der Waals surface area contributed by atoms with E-state index >= 15 is 0 Å². The number of carbonyl (C=O) groups is 1. The van der Waals surface area contributed by atoms with Gasteiger partial charge in [0.2, 0.25) is 5.89 Å². The molecule has 0 aliphatic rings. The number of rotatable bonds is 2. The molecule has 0 fully saturated rings. The summed E-state index contributed by atoms with van der Waals surface area (Å²) in [5, 5.41) is 9.49. The van der Waals surface area contributed by atoms with Gasteiger partial charge in [-0.05, 0) is 18.2 Å². The smallest absolute Gasteiger partial charge is 0.313 e. The van der Waals surface area contributed by atoms with Gasteiger partial charge in [0.1, 0.15) is 5.82 Å². The van der Waals surface area contributed by atoms with E-state index in [1.165, 1.54) is 18.2 Å². The number of aryl methyl sites for hydroxylation is 1. The van der Waals surface area contributed by atoms with E-state index in [-0.39, 0.29) is 5.89 Å². The molecule has 2 rings (SSSR count). The molecule has 0 unspecified atom stereocenters. The highest BCUT2D eigenvalue weighted by atomic mass is 19.1. The number of hydrogen-bond acceptors (Lipinski definition) is 4. The fourth-order valence-electron chi connectivity index (χ4n) is 1.14. The second-order valence-corrected chi connectivity index (χ2v) is 3.09. The average molecular weight is 221 g/mol. The van der Waals surface area contributed by atoms with Crippen LogP contribution in [0.2, 0.25) is 0 Å². The fraction of sp³-hybridized carbons (Fsp3) is 0.100. The van der Waals surface area contributed by atoms with Gasteiger partial charge in [0, 0.05) is 12.6 Å². The molecule has 0 saturated heterocycles. The van der Waals surface area contributed by atoms with Crippen LogP contribution in [0.3, 0.4) is 0 Å². The lowest BCUT2D eigenvalue weighted by molar-refractivity contribution is 0.0989. The predicted octanol–water partition coefficient (Wildman–Crippen LogP) is 1.77. The van der Waals surface area contributed by atoms with Crippen molar-refractivity contribution in [1.82, 2.24) is 10.2 Å². The average Bonchev–Trinajstić information content (AvgIpc) is 2.65. The Morgan fingerprint density at radius 2 is 2.25 bits per heavy atom. The molecule has 1 aromatic heterocycles. The maximum absolute atomic E-state index is 12.8. The molecule has 1 N–H and O–H groups in total. The first-order chi connectivity index (χ1) is 7.65. The lowest BCUT2D eigenvalue weighted by Gasteiger charge is -2.01. The van der Waals surface area contributed by atoms with Crippen molar-refractivity contribution < 1.29 is 13.6 Å². The third-order valence-electron chi connectivity index (χ3n) is 1.80. The van der Waals surface area contributed by atoms with E-state index in [9.17, 15) is 9.18 Å². The molecular weight excluding hydrogens is 213 g/mol. The molecule has 1 heterocycles. The summed E-state index contributed by atoms with van der Waals surface area (Å²) in [5.41, 5.74) is 0.334. The van der Waals surface area contributed by atoms with Crippen LogP contribution in [0.15, 0.2) is 28.7 Å². The van der Waals surface area contributed by atoms with E-state index in [0.717, 1.165) is 0 Å². The minimum atomic E-state index is -0.564. The van der Waals surface area contributed by atoms with Crippen molar-refractivity contribution in [1.29, 1.82) is 0 Å². The van der Waals surface area contributed by atoms with E-state index in [0.29, 0.717) is 11.6 Å². The molecule has 0 radical (unpaired) electrons. The molecular formula is C10H8FN3O2. The van der Waals surface area contributed by atoms with Gasteiger partial charge >= 0.3 is 11.8 Å². The lowest BCUT2D eigenvalue weighted by Crippen LogP contribution is -2.12. The molecule has 2 aromatic rings. The van der Waals surface area contributed by atoms with Gasteiger partial charge in [0.05, 0.1) is 0 Å². The van der Waals surface area contributed by atoms with Gasteiger partial charge in [-0.15, -0.1) is 10.2 Å². The molecule has 16 heavy (non-hydrogen) atoms. The number of nitrogens with one attached hydrogen (secondary N) is 1. The maximum atomic E-state index is 12.8. The molecule has 82 valence electrons. The molecule has 1 amide bonds. The Morgan fingerprint density at radius 3 is 2.88 bits per heavy atom. The van der Waals surface area contributed by atoms with Crippen LogP contribution in [0.1, 0.15) is 16.6 Å². The first kappa shape index (κ1) is 10.3. The highest BCUT2D eigenvalue weighted by Crippen LogP contribution is 2.10. The van der Waals surface area contributed by atoms with Crippen molar-refractivity contribution >= 4 is 11.6 Å². The summed E-state index contributed by atoms with van der Waals surface area (Å²) < 4.78 is 17.7. The van der Waals surface area contributed by atoms with E-state index in [1.807, 2.05) is 0 Å². The Morgan fingerprint density at radius 1 is 1.44 bits per heavy atom. The lowest BCUT2D eigenvalue weighted by atomic mass is 10.3. The summed E-state index contributed by atoms with van der Waals surface area (Å²) in [5.74, 6) is -0.850. The van der Waals surface area contributed by atoms with Crippen molar-refractivity contribution in [2.24, 2.45) is 0 Å². The Balaban J connectivity index is 2.13. The number of carbonyl (C=O) groups excluding carboxylic acids is 1. The first-order valence-corrected chi connectivity index (χ1v) is 4.52. The zero-order valence-electron chi connectivity index (χ0n) is 8.40. The van der Waals surface area contributed by atoms with Crippen LogP contribution in [0.4, 0.5) is 10.1 Å². The summed E-state index contributed by atoms with van der Waals surface area (Å²) in [6, 6.07) is 5.53. The summed E-state index contributed by atoms with van der Waals surface area (Å²) in [6.45, 7) is 1.58. The molecule has 6 heteroatoms. The summed E-state index contributed by atoms with van der Waals surface area (Å²) in [7, 11) is 0. The van der Waals surface area contributed by atoms with Crippen molar-refractivity contribution in [2.45, 2.75) is 6.92 Å². The molecule has 0 atom stereocenters. The second-order valence-electron chi connectivity index (χ2n) is 3.09. The largest absolute Gasteiger partial charge is 0.417 e. The second kappa shape index (κ2) is 4.09. The monoisotopic (exact) mass is 221 g/mol. The highest BCUT2D eigenvalue weighted by Gasteiger charge is 2.13. The molecule has 0 aliphatic heterocycles. The SMILES string of the molecule is Cc1nnc(C(=O)Nc2cccc(F)c2)o1. The van der Waals surface area contributed by atoms with Crippen LogP contribution < -0.4 is 5.32 Å². The number of amides is 1. The molecule has 0 aliphatic carbocycles. The van der Waals surface area contributed by atoms with E-state index in [2.05, 4.69) is 15.5 Å². The van der Waals surface area contributed by atoms with Gasteiger partial charge < -0.3 is 9.73 Å². The van der Waals surface area contributed by atoms with Crippen LogP contribution in [0, 0.1) is 12.7 Å². The van der Waals surface area contributed by atoms with Gasteiger partial charge in [-0.2, -0.15) is 0 Å². The van der Waals surface area contributed by atoms with E-state index in [4.69, 9.17) is 4.42 Å². The fourth-order valence-corrected chi connectivity index (χ4v) is 1.14. The van der Waals surface area contributed by atoms with E-state index in [1.54, 1.807) is 13.0 Å². The van der Waals surface area contributed by atoms with Gasteiger partial charge in [0.15, 0.2) is 0 Å². The minimum absolute atomic E-state index is 0.151. The Labute approximate surface area is 90.3 Å². The third kappa shape index (κ3) is 2.22. The van der Waals surface area contributed by atoms with Gasteiger partial charge in [-0.25, -0.2) is 4.39 Å². The summed E-state index contributed by atoms with van der Waals surface area (Å²) >= 11 is 0. The number of aromatic nitrogens is 2. The molecule has 0 spiro atoms. The van der Waals surface area contributed by atoms with Gasteiger partial charge in [-0.1, -0.05) is 6.07 Å².